The van der Waals surface area contributed by atoms with Gasteiger partial charge in [-0.3, -0.25) is 10.1 Å². The summed E-state index contributed by atoms with van der Waals surface area (Å²) in [6.07, 6.45) is 0.831. The lowest BCUT2D eigenvalue weighted by Gasteiger charge is -2.26. The van der Waals surface area contributed by atoms with Crippen molar-refractivity contribution in [2.75, 3.05) is 14.1 Å². The van der Waals surface area contributed by atoms with Crippen LogP contribution in [0.2, 0.25) is 0 Å². The molecule has 0 saturated heterocycles. The summed E-state index contributed by atoms with van der Waals surface area (Å²) in [7, 11) is 3.60. The number of amides is 1. The van der Waals surface area contributed by atoms with Crippen molar-refractivity contribution in [3.05, 3.63) is 23.2 Å². The van der Waals surface area contributed by atoms with Crippen molar-refractivity contribution in [2.24, 2.45) is 5.92 Å². The molecule has 0 fully saturated rings. The minimum atomic E-state index is -0.158. The van der Waals surface area contributed by atoms with Gasteiger partial charge in [0.05, 0.1) is 6.04 Å². The maximum Gasteiger partial charge on any atom is 0.239 e. The lowest BCUT2D eigenvalue weighted by atomic mass is 10.0. The zero-order valence-electron chi connectivity index (χ0n) is 13.8. The number of hydrogen-bond donors (Lipinski definition) is 1. The molecule has 1 rings (SSSR count). The van der Waals surface area contributed by atoms with E-state index in [4.69, 9.17) is 4.42 Å². The van der Waals surface area contributed by atoms with Gasteiger partial charge < -0.3 is 9.32 Å². The van der Waals surface area contributed by atoms with E-state index in [0.717, 1.165) is 23.5 Å². The number of rotatable bonds is 6. The maximum atomic E-state index is 12.3. The number of nitrogens with zero attached hydrogens (tertiary/aromatic N) is 1. The Morgan fingerprint density at radius 2 is 1.90 bits per heavy atom. The van der Waals surface area contributed by atoms with Crippen LogP contribution in [0.5, 0.6) is 0 Å². The van der Waals surface area contributed by atoms with E-state index in [0.29, 0.717) is 5.92 Å². The van der Waals surface area contributed by atoms with E-state index in [1.807, 2.05) is 19.9 Å². The molecule has 20 heavy (non-hydrogen) atoms. The Morgan fingerprint density at radius 1 is 1.30 bits per heavy atom. The van der Waals surface area contributed by atoms with Crippen molar-refractivity contribution in [1.82, 2.24) is 10.2 Å². The third-order valence-electron chi connectivity index (χ3n) is 3.44. The van der Waals surface area contributed by atoms with E-state index < -0.39 is 0 Å². The molecule has 2 atom stereocenters. The first-order valence-corrected chi connectivity index (χ1v) is 7.26. The van der Waals surface area contributed by atoms with Crippen LogP contribution in [-0.2, 0) is 4.79 Å². The van der Waals surface area contributed by atoms with Crippen molar-refractivity contribution in [3.8, 4) is 0 Å². The van der Waals surface area contributed by atoms with E-state index in [-0.39, 0.29) is 18.0 Å². The molecule has 2 unspecified atom stereocenters. The number of aryl methyl sites for hydroxylation is 2. The van der Waals surface area contributed by atoms with Gasteiger partial charge in [0.1, 0.15) is 11.5 Å². The Hall–Kier alpha value is -1.29. The molecular weight excluding hydrogens is 252 g/mol. The third kappa shape index (κ3) is 4.37. The highest BCUT2D eigenvalue weighted by Crippen LogP contribution is 2.22. The molecule has 4 heteroatoms. The molecule has 0 aliphatic heterocycles. The second-order valence-corrected chi connectivity index (χ2v) is 6.17. The predicted molar refractivity (Wildman–Crippen MR) is 81.7 cm³/mol. The van der Waals surface area contributed by atoms with Crippen LogP contribution in [0.15, 0.2) is 10.5 Å². The monoisotopic (exact) mass is 280 g/mol. The van der Waals surface area contributed by atoms with Crippen molar-refractivity contribution in [3.63, 3.8) is 0 Å². The fourth-order valence-electron chi connectivity index (χ4n) is 2.50. The summed E-state index contributed by atoms with van der Waals surface area (Å²) in [6.45, 7) is 10.3. The van der Waals surface area contributed by atoms with E-state index >= 15 is 0 Å². The van der Waals surface area contributed by atoms with Gasteiger partial charge >= 0.3 is 0 Å². The molecule has 0 aliphatic rings. The zero-order valence-corrected chi connectivity index (χ0v) is 13.8. The standard InChI is InChI=1S/C16H28N2O2/c1-10(2)8-15(16(19)18(6)7)17-12(4)14-9-11(3)20-13(14)5/h9-10,12,15,17H,8H2,1-7H3. The average molecular weight is 280 g/mol. The van der Waals surface area contributed by atoms with Gasteiger partial charge in [0.25, 0.3) is 0 Å². The molecule has 1 aromatic rings. The highest BCUT2D eigenvalue weighted by molar-refractivity contribution is 5.81. The van der Waals surface area contributed by atoms with Gasteiger partial charge in [-0.05, 0) is 39.2 Å². The number of hydrogen-bond acceptors (Lipinski definition) is 3. The van der Waals surface area contributed by atoms with Gasteiger partial charge in [-0.25, -0.2) is 0 Å². The molecule has 0 bridgehead atoms. The van der Waals surface area contributed by atoms with Crippen LogP contribution in [0.25, 0.3) is 0 Å². The fraction of sp³-hybridized carbons (Fsp3) is 0.688. The van der Waals surface area contributed by atoms with Gasteiger partial charge in [-0.2, -0.15) is 0 Å². The number of carbonyl (C=O) groups excluding carboxylic acids is 1. The fourth-order valence-corrected chi connectivity index (χ4v) is 2.50. The molecule has 1 aromatic heterocycles. The normalized spacial score (nSPS) is 14.4. The first-order valence-electron chi connectivity index (χ1n) is 7.26. The molecule has 0 radical (unpaired) electrons. The summed E-state index contributed by atoms with van der Waals surface area (Å²) in [6, 6.07) is 1.98. The largest absolute Gasteiger partial charge is 0.466 e. The first-order chi connectivity index (χ1) is 9.22. The number of carbonyl (C=O) groups is 1. The maximum absolute atomic E-state index is 12.3. The van der Waals surface area contributed by atoms with E-state index in [9.17, 15) is 4.79 Å². The highest BCUT2D eigenvalue weighted by Gasteiger charge is 2.24. The zero-order chi connectivity index (χ0) is 15.4. The van der Waals surface area contributed by atoms with Crippen LogP contribution in [0.1, 0.15) is 50.3 Å². The summed E-state index contributed by atoms with van der Waals surface area (Å²) in [5.74, 6) is 2.42. The van der Waals surface area contributed by atoms with Gasteiger partial charge in [-0.15, -0.1) is 0 Å². The van der Waals surface area contributed by atoms with Crippen LogP contribution in [0, 0.1) is 19.8 Å². The number of nitrogens with one attached hydrogen (secondary N) is 1. The minimum absolute atomic E-state index is 0.0973. The van der Waals surface area contributed by atoms with E-state index in [1.165, 1.54) is 0 Å². The second kappa shape index (κ2) is 6.93. The van der Waals surface area contributed by atoms with Gasteiger partial charge in [-0.1, -0.05) is 13.8 Å². The molecule has 0 aromatic carbocycles. The van der Waals surface area contributed by atoms with Crippen molar-refractivity contribution < 1.29 is 9.21 Å². The quantitative estimate of drug-likeness (QED) is 0.871. The molecule has 1 amide bonds. The van der Waals surface area contributed by atoms with Crippen molar-refractivity contribution in [1.29, 1.82) is 0 Å². The topological polar surface area (TPSA) is 45.5 Å². The highest BCUT2D eigenvalue weighted by atomic mass is 16.3. The SMILES string of the molecule is Cc1cc(C(C)NC(CC(C)C)C(=O)N(C)C)c(C)o1. The number of furan rings is 1. The predicted octanol–water partition coefficient (Wildman–Crippen LogP) is 3.05. The van der Waals surface area contributed by atoms with Crippen molar-refractivity contribution in [2.45, 2.75) is 53.1 Å². The van der Waals surface area contributed by atoms with E-state index in [2.05, 4.69) is 26.1 Å². The summed E-state index contributed by atoms with van der Waals surface area (Å²) in [5, 5.41) is 3.45. The molecular formula is C16H28N2O2. The van der Waals surface area contributed by atoms with Crippen LogP contribution in [-0.4, -0.2) is 30.9 Å². The molecule has 4 nitrogen and oxygen atoms in total. The third-order valence-corrected chi connectivity index (χ3v) is 3.44. The Labute approximate surface area is 122 Å². The smallest absolute Gasteiger partial charge is 0.239 e. The Balaban J connectivity index is 2.83. The van der Waals surface area contributed by atoms with Crippen LogP contribution < -0.4 is 5.32 Å². The lowest BCUT2D eigenvalue weighted by molar-refractivity contribution is -0.131. The molecule has 1 heterocycles. The molecule has 1 N–H and O–H groups in total. The second-order valence-electron chi connectivity index (χ2n) is 6.17. The Bertz CT molecular complexity index is 449. The Morgan fingerprint density at radius 3 is 2.30 bits per heavy atom. The molecule has 0 saturated carbocycles. The molecule has 0 spiro atoms. The van der Waals surface area contributed by atoms with Gasteiger partial charge in [0.15, 0.2) is 0 Å². The molecule has 0 aliphatic carbocycles. The van der Waals surface area contributed by atoms with Gasteiger partial charge in [0.2, 0.25) is 5.91 Å². The average Bonchev–Trinajstić information content (AvgIpc) is 2.65. The molecule has 114 valence electrons. The van der Waals surface area contributed by atoms with Gasteiger partial charge in [0, 0.05) is 25.7 Å². The Kier molecular flexibility index (Phi) is 5.81. The minimum Gasteiger partial charge on any atom is -0.466 e. The summed E-state index contributed by atoms with van der Waals surface area (Å²) in [4.78, 5) is 13.9. The lowest BCUT2D eigenvalue weighted by Crippen LogP contribution is -2.45. The summed E-state index contributed by atoms with van der Waals surface area (Å²) in [5.41, 5.74) is 1.13. The van der Waals surface area contributed by atoms with Crippen LogP contribution in [0.3, 0.4) is 0 Å². The van der Waals surface area contributed by atoms with Crippen LogP contribution in [0.4, 0.5) is 0 Å². The van der Waals surface area contributed by atoms with Crippen LogP contribution >= 0.6 is 0 Å². The van der Waals surface area contributed by atoms with Crippen molar-refractivity contribution >= 4 is 5.91 Å². The first kappa shape index (κ1) is 16.8. The van der Waals surface area contributed by atoms with E-state index in [1.54, 1.807) is 19.0 Å². The summed E-state index contributed by atoms with van der Waals surface area (Å²) < 4.78 is 5.57. The summed E-state index contributed by atoms with van der Waals surface area (Å²) >= 11 is 0. The number of likely N-dealkylation sites (N-methyl/N-ethyl adjacent to an activating group) is 1.